The molecule has 0 spiro atoms. The average molecular weight is 157 g/mol. The highest BCUT2D eigenvalue weighted by molar-refractivity contribution is 5.81. The first-order valence-corrected chi connectivity index (χ1v) is 3.70. The number of carbonyl (C=O) groups excluding carboxylic acids is 2. The normalized spacial score (nSPS) is 13.1. The highest BCUT2D eigenvalue weighted by Crippen LogP contribution is 2.02. The number of carbonyl (C=O) groups is 2. The van der Waals surface area contributed by atoms with Crippen molar-refractivity contribution in [3.05, 3.63) is 0 Å². The van der Waals surface area contributed by atoms with E-state index in [1.54, 1.807) is 6.92 Å². The maximum Gasteiger partial charge on any atom is 0.146 e. The number of rotatable bonds is 5. The van der Waals surface area contributed by atoms with Crippen molar-refractivity contribution in [2.24, 2.45) is 0 Å². The largest absolute Gasteiger partial charge is 0.303 e. The zero-order valence-corrected chi connectivity index (χ0v) is 7.33. The van der Waals surface area contributed by atoms with Crippen LogP contribution in [0, 0.1) is 0 Å². The molecule has 0 saturated heterocycles. The van der Waals surface area contributed by atoms with Crippen molar-refractivity contribution in [1.82, 2.24) is 4.90 Å². The van der Waals surface area contributed by atoms with Crippen LogP contribution in [0.15, 0.2) is 0 Å². The SMILES string of the molecule is CC(=O)[C@H](CCC=O)N(C)C. The zero-order chi connectivity index (χ0) is 8.85. The molecule has 0 aromatic carbocycles. The van der Waals surface area contributed by atoms with Gasteiger partial charge in [0, 0.05) is 6.42 Å². The topological polar surface area (TPSA) is 37.4 Å². The van der Waals surface area contributed by atoms with Gasteiger partial charge in [0.15, 0.2) is 0 Å². The first kappa shape index (κ1) is 10.3. The molecule has 3 heteroatoms. The highest BCUT2D eigenvalue weighted by atomic mass is 16.1. The van der Waals surface area contributed by atoms with Gasteiger partial charge in [-0.15, -0.1) is 0 Å². The summed E-state index contributed by atoms with van der Waals surface area (Å²) in [5, 5.41) is 0. The van der Waals surface area contributed by atoms with Crippen LogP contribution in [-0.2, 0) is 9.59 Å². The van der Waals surface area contributed by atoms with Crippen LogP contribution in [-0.4, -0.2) is 37.1 Å². The fraction of sp³-hybridized carbons (Fsp3) is 0.750. The number of ketones is 1. The summed E-state index contributed by atoms with van der Waals surface area (Å²) in [7, 11) is 3.69. The maximum absolute atomic E-state index is 10.9. The van der Waals surface area contributed by atoms with Crippen LogP contribution < -0.4 is 0 Å². The smallest absolute Gasteiger partial charge is 0.146 e. The second-order valence-electron chi connectivity index (χ2n) is 2.83. The van der Waals surface area contributed by atoms with Crippen LogP contribution in [0.3, 0.4) is 0 Å². The molecule has 0 heterocycles. The Kier molecular flexibility index (Phi) is 4.70. The van der Waals surface area contributed by atoms with Crippen molar-refractivity contribution in [2.45, 2.75) is 25.8 Å². The van der Waals surface area contributed by atoms with Crippen LogP contribution in [0.25, 0.3) is 0 Å². The lowest BCUT2D eigenvalue weighted by Gasteiger charge is -2.20. The molecule has 0 aliphatic rings. The second kappa shape index (κ2) is 5.02. The fourth-order valence-corrected chi connectivity index (χ4v) is 1.05. The van der Waals surface area contributed by atoms with Crippen molar-refractivity contribution in [1.29, 1.82) is 0 Å². The first-order chi connectivity index (χ1) is 5.09. The number of nitrogens with zero attached hydrogens (tertiary/aromatic N) is 1. The van der Waals surface area contributed by atoms with E-state index < -0.39 is 0 Å². The van der Waals surface area contributed by atoms with Gasteiger partial charge in [-0.3, -0.25) is 9.69 Å². The van der Waals surface area contributed by atoms with Gasteiger partial charge in [-0.25, -0.2) is 0 Å². The van der Waals surface area contributed by atoms with Crippen LogP contribution >= 0.6 is 0 Å². The quantitative estimate of drug-likeness (QED) is 0.545. The summed E-state index contributed by atoms with van der Waals surface area (Å²) in [6.45, 7) is 1.55. The average Bonchev–Trinajstić information content (AvgIpc) is 1.87. The first-order valence-electron chi connectivity index (χ1n) is 3.70. The molecule has 0 unspecified atom stereocenters. The monoisotopic (exact) mass is 157 g/mol. The third kappa shape index (κ3) is 3.88. The third-order valence-electron chi connectivity index (χ3n) is 1.65. The van der Waals surface area contributed by atoms with Gasteiger partial charge in [-0.2, -0.15) is 0 Å². The number of hydrogen-bond acceptors (Lipinski definition) is 3. The fourth-order valence-electron chi connectivity index (χ4n) is 1.05. The minimum Gasteiger partial charge on any atom is -0.303 e. The van der Waals surface area contributed by atoms with Crippen LogP contribution in [0.1, 0.15) is 19.8 Å². The van der Waals surface area contributed by atoms with Gasteiger partial charge in [-0.1, -0.05) is 0 Å². The zero-order valence-electron chi connectivity index (χ0n) is 7.33. The van der Waals surface area contributed by atoms with Gasteiger partial charge in [-0.05, 0) is 27.4 Å². The predicted octanol–water partition coefficient (Wildman–Crippen LogP) is 0.485. The Hall–Kier alpha value is -0.700. The molecule has 64 valence electrons. The minimum atomic E-state index is -0.0970. The molecule has 0 aromatic rings. The molecule has 1 atom stereocenters. The minimum absolute atomic E-state index is 0.0970. The van der Waals surface area contributed by atoms with Crippen molar-refractivity contribution in [3.8, 4) is 0 Å². The third-order valence-corrected chi connectivity index (χ3v) is 1.65. The van der Waals surface area contributed by atoms with Gasteiger partial charge >= 0.3 is 0 Å². The molecule has 0 radical (unpaired) electrons. The van der Waals surface area contributed by atoms with Crippen molar-refractivity contribution < 1.29 is 9.59 Å². The van der Waals surface area contributed by atoms with E-state index in [0.717, 1.165) is 6.29 Å². The molecule has 11 heavy (non-hydrogen) atoms. The Morgan fingerprint density at radius 3 is 2.36 bits per heavy atom. The number of Topliss-reactive ketones (excluding diaryl/α,β-unsaturated/α-hetero) is 1. The summed E-state index contributed by atoms with van der Waals surface area (Å²) in [5.74, 6) is 0.122. The Morgan fingerprint density at radius 2 is 2.09 bits per heavy atom. The van der Waals surface area contributed by atoms with E-state index in [-0.39, 0.29) is 11.8 Å². The number of hydrogen-bond donors (Lipinski definition) is 0. The van der Waals surface area contributed by atoms with E-state index in [1.807, 2.05) is 19.0 Å². The summed E-state index contributed by atoms with van der Waals surface area (Å²) < 4.78 is 0. The maximum atomic E-state index is 10.9. The molecule has 0 bridgehead atoms. The molecule has 0 aliphatic carbocycles. The lowest BCUT2D eigenvalue weighted by atomic mass is 10.1. The lowest BCUT2D eigenvalue weighted by Crippen LogP contribution is -2.34. The summed E-state index contributed by atoms with van der Waals surface area (Å²) in [6, 6.07) is -0.0970. The molecular formula is C8H15NO2. The number of likely N-dealkylation sites (N-methyl/N-ethyl adjacent to an activating group) is 1. The Labute approximate surface area is 67.4 Å². The second-order valence-corrected chi connectivity index (χ2v) is 2.83. The van der Waals surface area contributed by atoms with Gasteiger partial charge in [0.25, 0.3) is 0 Å². The Balaban J connectivity index is 3.89. The van der Waals surface area contributed by atoms with Crippen molar-refractivity contribution in [2.75, 3.05) is 14.1 Å². The molecule has 0 N–H and O–H groups in total. The molecule has 0 fully saturated rings. The van der Waals surface area contributed by atoms with Crippen molar-refractivity contribution >= 4 is 12.1 Å². The van der Waals surface area contributed by atoms with Gasteiger partial charge in [0.05, 0.1) is 6.04 Å². The van der Waals surface area contributed by atoms with E-state index in [1.165, 1.54) is 0 Å². The van der Waals surface area contributed by atoms with Crippen molar-refractivity contribution in [3.63, 3.8) is 0 Å². The van der Waals surface area contributed by atoms with Crippen LogP contribution in [0.5, 0.6) is 0 Å². The summed E-state index contributed by atoms with van der Waals surface area (Å²) in [4.78, 5) is 22.8. The summed E-state index contributed by atoms with van der Waals surface area (Å²) >= 11 is 0. The standard InChI is InChI=1S/C8H15NO2/c1-7(11)8(9(2)3)5-4-6-10/h6,8H,4-5H2,1-3H3/t8-/m0/s1. The van der Waals surface area contributed by atoms with E-state index in [2.05, 4.69) is 0 Å². The van der Waals surface area contributed by atoms with Gasteiger partial charge in [0.1, 0.15) is 12.1 Å². The molecule has 0 rings (SSSR count). The molecule has 0 saturated carbocycles. The van der Waals surface area contributed by atoms with E-state index in [9.17, 15) is 9.59 Å². The molecule has 0 aromatic heterocycles. The van der Waals surface area contributed by atoms with Gasteiger partial charge < -0.3 is 4.79 Å². The van der Waals surface area contributed by atoms with E-state index in [4.69, 9.17) is 0 Å². The van der Waals surface area contributed by atoms with E-state index in [0.29, 0.717) is 12.8 Å². The van der Waals surface area contributed by atoms with Crippen LogP contribution in [0.2, 0.25) is 0 Å². The molecular weight excluding hydrogens is 142 g/mol. The van der Waals surface area contributed by atoms with E-state index >= 15 is 0 Å². The molecule has 3 nitrogen and oxygen atoms in total. The Morgan fingerprint density at radius 1 is 1.55 bits per heavy atom. The van der Waals surface area contributed by atoms with Crippen LogP contribution in [0.4, 0.5) is 0 Å². The number of aldehydes is 1. The summed E-state index contributed by atoms with van der Waals surface area (Å²) in [6.07, 6.45) is 1.94. The lowest BCUT2D eigenvalue weighted by molar-refractivity contribution is -0.121. The Bertz CT molecular complexity index is 143. The molecule has 0 amide bonds. The molecule has 0 aliphatic heterocycles. The summed E-state index contributed by atoms with van der Waals surface area (Å²) in [5.41, 5.74) is 0. The highest BCUT2D eigenvalue weighted by Gasteiger charge is 2.14. The van der Waals surface area contributed by atoms with Gasteiger partial charge in [0.2, 0.25) is 0 Å². The predicted molar refractivity (Wildman–Crippen MR) is 43.5 cm³/mol.